The highest BCUT2D eigenvalue weighted by Crippen LogP contribution is 2.19. The molecule has 0 aliphatic carbocycles. The lowest BCUT2D eigenvalue weighted by atomic mass is 10.1. The second-order valence-electron chi connectivity index (χ2n) is 6.26. The number of nitrogens with zero attached hydrogens (tertiary/aromatic N) is 2. The van der Waals surface area contributed by atoms with Crippen molar-refractivity contribution in [3.63, 3.8) is 0 Å². The SMILES string of the molecule is C=CCOC(=O)[C@H]1CCCN1C(=O)CNC(=O)c1ccc2ncccc2c1. The molecule has 2 amide bonds. The van der Waals surface area contributed by atoms with E-state index >= 15 is 0 Å². The van der Waals surface area contributed by atoms with Crippen molar-refractivity contribution in [3.8, 4) is 0 Å². The molecule has 1 fully saturated rings. The molecule has 1 aliphatic rings. The summed E-state index contributed by atoms with van der Waals surface area (Å²) in [7, 11) is 0. The molecule has 1 aliphatic heterocycles. The molecule has 0 radical (unpaired) electrons. The van der Waals surface area contributed by atoms with Gasteiger partial charge in [-0.05, 0) is 37.1 Å². The van der Waals surface area contributed by atoms with E-state index in [9.17, 15) is 14.4 Å². The van der Waals surface area contributed by atoms with Crippen LogP contribution in [0.2, 0.25) is 0 Å². The van der Waals surface area contributed by atoms with E-state index in [2.05, 4.69) is 16.9 Å². The van der Waals surface area contributed by atoms with E-state index in [-0.39, 0.29) is 25.0 Å². The Morgan fingerprint density at radius 3 is 3.00 bits per heavy atom. The lowest BCUT2D eigenvalue weighted by molar-refractivity contribution is -0.152. The zero-order valence-corrected chi connectivity index (χ0v) is 14.9. The van der Waals surface area contributed by atoms with Gasteiger partial charge in [0.15, 0.2) is 0 Å². The van der Waals surface area contributed by atoms with E-state index in [1.165, 1.54) is 11.0 Å². The number of benzene rings is 1. The molecule has 2 heterocycles. The van der Waals surface area contributed by atoms with Crippen molar-refractivity contribution in [1.82, 2.24) is 15.2 Å². The van der Waals surface area contributed by atoms with Gasteiger partial charge in [-0.25, -0.2) is 4.79 Å². The average molecular weight is 367 g/mol. The second-order valence-corrected chi connectivity index (χ2v) is 6.26. The number of carbonyl (C=O) groups is 3. The van der Waals surface area contributed by atoms with Crippen LogP contribution in [0.25, 0.3) is 10.9 Å². The Morgan fingerprint density at radius 2 is 2.19 bits per heavy atom. The fourth-order valence-corrected chi connectivity index (χ4v) is 3.12. The Morgan fingerprint density at radius 1 is 1.33 bits per heavy atom. The van der Waals surface area contributed by atoms with Gasteiger partial charge >= 0.3 is 5.97 Å². The predicted octanol–water partition coefficient (Wildman–Crippen LogP) is 1.68. The quantitative estimate of drug-likeness (QED) is 0.620. The maximum absolute atomic E-state index is 12.5. The number of esters is 1. The normalized spacial score (nSPS) is 16.1. The average Bonchev–Trinajstić information content (AvgIpc) is 3.19. The molecule has 1 aromatic heterocycles. The Kier molecular flexibility index (Phi) is 5.80. The zero-order valence-electron chi connectivity index (χ0n) is 14.9. The molecule has 0 saturated carbocycles. The number of rotatable bonds is 6. The molecule has 27 heavy (non-hydrogen) atoms. The van der Waals surface area contributed by atoms with Crippen LogP contribution in [-0.4, -0.2) is 53.4 Å². The summed E-state index contributed by atoms with van der Waals surface area (Å²) in [5, 5.41) is 3.47. The molecule has 3 rings (SSSR count). The van der Waals surface area contributed by atoms with Crippen LogP contribution in [0.3, 0.4) is 0 Å². The summed E-state index contributed by atoms with van der Waals surface area (Å²) in [5.41, 5.74) is 1.25. The number of fused-ring (bicyclic) bond motifs is 1. The van der Waals surface area contributed by atoms with Gasteiger partial charge in [-0.2, -0.15) is 0 Å². The van der Waals surface area contributed by atoms with Crippen LogP contribution in [0.5, 0.6) is 0 Å². The predicted molar refractivity (Wildman–Crippen MR) is 100.0 cm³/mol. The molecule has 2 aromatic rings. The lowest BCUT2D eigenvalue weighted by Gasteiger charge is -2.23. The lowest BCUT2D eigenvalue weighted by Crippen LogP contribution is -2.46. The van der Waals surface area contributed by atoms with Crippen LogP contribution < -0.4 is 5.32 Å². The van der Waals surface area contributed by atoms with Crippen molar-refractivity contribution in [1.29, 1.82) is 0 Å². The minimum absolute atomic E-state index is 0.116. The number of ether oxygens (including phenoxy) is 1. The first-order valence-electron chi connectivity index (χ1n) is 8.80. The van der Waals surface area contributed by atoms with Gasteiger partial charge in [0.2, 0.25) is 5.91 Å². The molecule has 0 spiro atoms. The zero-order chi connectivity index (χ0) is 19.2. The molecular formula is C20H21N3O4. The molecular weight excluding hydrogens is 346 g/mol. The molecule has 1 atom stereocenters. The third-order valence-electron chi connectivity index (χ3n) is 4.45. The monoisotopic (exact) mass is 367 g/mol. The van der Waals surface area contributed by atoms with Gasteiger partial charge in [0, 0.05) is 23.7 Å². The van der Waals surface area contributed by atoms with Gasteiger partial charge in [-0.15, -0.1) is 0 Å². The molecule has 7 nitrogen and oxygen atoms in total. The van der Waals surface area contributed by atoms with Crippen molar-refractivity contribution >= 4 is 28.7 Å². The van der Waals surface area contributed by atoms with Gasteiger partial charge in [-0.3, -0.25) is 14.6 Å². The highest BCUT2D eigenvalue weighted by molar-refractivity contribution is 5.99. The summed E-state index contributed by atoms with van der Waals surface area (Å²) in [4.78, 5) is 42.5. The number of pyridine rings is 1. The summed E-state index contributed by atoms with van der Waals surface area (Å²) in [6.07, 6.45) is 4.46. The van der Waals surface area contributed by atoms with Crippen molar-refractivity contribution in [2.75, 3.05) is 19.7 Å². The fourth-order valence-electron chi connectivity index (χ4n) is 3.12. The number of carbonyl (C=O) groups excluding carboxylic acids is 3. The summed E-state index contributed by atoms with van der Waals surface area (Å²) < 4.78 is 5.05. The van der Waals surface area contributed by atoms with Gasteiger partial charge < -0.3 is 15.0 Å². The van der Waals surface area contributed by atoms with E-state index in [0.29, 0.717) is 18.5 Å². The summed E-state index contributed by atoms with van der Waals surface area (Å²) >= 11 is 0. The number of nitrogens with one attached hydrogen (secondary N) is 1. The highest BCUT2D eigenvalue weighted by atomic mass is 16.5. The van der Waals surface area contributed by atoms with Crippen LogP contribution in [0.15, 0.2) is 49.2 Å². The van der Waals surface area contributed by atoms with Crippen LogP contribution in [0.1, 0.15) is 23.2 Å². The van der Waals surface area contributed by atoms with Crippen LogP contribution in [0, 0.1) is 0 Å². The van der Waals surface area contributed by atoms with Gasteiger partial charge in [0.1, 0.15) is 12.6 Å². The second kappa shape index (κ2) is 8.44. The van der Waals surface area contributed by atoms with E-state index in [1.54, 1.807) is 30.5 Å². The summed E-state index contributed by atoms with van der Waals surface area (Å²) in [6, 6.07) is 8.23. The van der Waals surface area contributed by atoms with Crippen molar-refractivity contribution < 1.29 is 19.1 Å². The Labute approximate surface area is 157 Å². The van der Waals surface area contributed by atoms with Gasteiger partial charge in [0.05, 0.1) is 12.1 Å². The minimum atomic E-state index is -0.596. The molecule has 0 bridgehead atoms. The van der Waals surface area contributed by atoms with Crippen LogP contribution in [-0.2, 0) is 14.3 Å². The molecule has 140 valence electrons. The van der Waals surface area contributed by atoms with Gasteiger partial charge in [-0.1, -0.05) is 18.7 Å². The van der Waals surface area contributed by atoms with Crippen LogP contribution in [0.4, 0.5) is 0 Å². The number of amides is 2. The molecule has 1 aromatic carbocycles. The number of hydrogen-bond acceptors (Lipinski definition) is 5. The number of hydrogen-bond donors (Lipinski definition) is 1. The largest absolute Gasteiger partial charge is 0.460 e. The van der Waals surface area contributed by atoms with Crippen LogP contribution >= 0.6 is 0 Å². The third kappa shape index (κ3) is 4.31. The first-order chi connectivity index (χ1) is 13.1. The third-order valence-corrected chi connectivity index (χ3v) is 4.45. The first kappa shape index (κ1) is 18.6. The molecule has 7 heteroatoms. The van der Waals surface area contributed by atoms with Crippen molar-refractivity contribution in [2.45, 2.75) is 18.9 Å². The highest BCUT2D eigenvalue weighted by Gasteiger charge is 2.35. The minimum Gasteiger partial charge on any atom is -0.460 e. The summed E-state index contributed by atoms with van der Waals surface area (Å²) in [6.45, 7) is 3.92. The Hall–Kier alpha value is -3.22. The molecule has 0 unspecified atom stereocenters. The van der Waals surface area contributed by atoms with Crippen molar-refractivity contribution in [3.05, 3.63) is 54.7 Å². The van der Waals surface area contributed by atoms with E-state index in [0.717, 1.165) is 17.3 Å². The van der Waals surface area contributed by atoms with E-state index in [4.69, 9.17) is 4.74 Å². The maximum Gasteiger partial charge on any atom is 0.329 e. The maximum atomic E-state index is 12.5. The summed E-state index contributed by atoms with van der Waals surface area (Å²) in [5.74, 6) is -1.09. The molecule has 1 N–H and O–H groups in total. The topological polar surface area (TPSA) is 88.6 Å². The Bertz CT molecular complexity index is 880. The molecule has 1 saturated heterocycles. The fraction of sp³-hybridized carbons (Fsp3) is 0.300. The Balaban J connectivity index is 1.59. The standard InChI is InChI=1S/C20H21N3O4/c1-2-11-27-20(26)17-6-4-10-23(17)18(24)13-22-19(25)15-7-8-16-14(12-15)5-3-9-21-16/h2-3,5,7-9,12,17H,1,4,6,10-11,13H2,(H,22,25)/t17-/m1/s1. The number of aromatic nitrogens is 1. The van der Waals surface area contributed by atoms with E-state index in [1.807, 2.05) is 6.07 Å². The number of likely N-dealkylation sites (tertiary alicyclic amines) is 1. The first-order valence-corrected chi connectivity index (χ1v) is 8.80. The smallest absolute Gasteiger partial charge is 0.329 e. The van der Waals surface area contributed by atoms with Gasteiger partial charge in [0.25, 0.3) is 5.91 Å². The van der Waals surface area contributed by atoms with Crippen molar-refractivity contribution in [2.24, 2.45) is 0 Å². The van der Waals surface area contributed by atoms with E-state index < -0.39 is 12.0 Å².